The molecule has 0 spiro atoms. The summed E-state index contributed by atoms with van der Waals surface area (Å²) in [5, 5.41) is 7.57. The molecule has 0 atom stereocenters. The van der Waals surface area contributed by atoms with Crippen LogP contribution in [0.4, 0.5) is 4.39 Å². The summed E-state index contributed by atoms with van der Waals surface area (Å²) in [5.41, 5.74) is 3.01. The van der Waals surface area contributed by atoms with Gasteiger partial charge in [-0.25, -0.2) is 4.39 Å². The summed E-state index contributed by atoms with van der Waals surface area (Å²) in [6.45, 7) is 3.17. The van der Waals surface area contributed by atoms with Crippen molar-refractivity contribution in [1.29, 1.82) is 0 Å². The van der Waals surface area contributed by atoms with Crippen LogP contribution in [0.3, 0.4) is 0 Å². The van der Waals surface area contributed by atoms with Crippen molar-refractivity contribution in [3.63, 3.8) is 0 Å². The predicted octanol–water partition coefficient (Wildman–Crippen LogP) is 3.75. The first kappa shape index (κ1) is 16.1. The van der Waals surface area contributed by atoms with Crippen LogP contribution >= 0.6 is 0 Å². The lowest BCUT2D eigenvalue weighted by molar-refractivity contribution is 0.534. The number of benzene rings is 2. The van der Waals surface area contributed by atoms with Crippen LogP contribution in [0, 0.1) is 12.7 Å². The maximum Gasteiger partial charge on any atom is 0.191 e. The van der Waals surface area contributed by atoms with Crippen LogP contribution in [-0.2, 0) is 13.1 Å². The molecule has 0 aliphatic heterocycles. The van der Waals surface area contributed by atoms with Crippen molar-refractivity contribution in [2.75, 3.05) is 7.05 Å². The number of aryl methyl sites for hydroxylation is 1. The Kier molecular flexibility index (Phi) is 4.79. The Hall–Kier alpha value is -2.82. The van der Waals surface area contributed by atoms with Gasteiger partial charge in [0.25, 0.3) is 0 Å². The first-order valence-electron chi connectivity index (χ1n) is 7.83. The molecular formula is C19H20FN3O. The van der Waals surface area contributed by atoms with Gasteiger partial charge in [0.2, 0.25) is 0 Å². The Morgan fingerprint density at radius 2 is 1.75 bits per heavy atom. The molecule has 0 saturated heterocycles. The smallest absolute Gasteiger partial charge is 0.191 e. The quantitative estimate of drug-likeness (QED) is 0.567. The van der Waals surface area contributed by atoms with Crippen molar-refractivity contribution in [3.05, 3.63) is 71.2 Å². The van der Waals surface area contributed by atoms with Gasteiger partial charge in [-0.05, 0) is 30.7 Å². The molecule has 3 aromatic rings. The number of para-hydroxylation sites is 1. The van der Waals surface area contributed by atoms with Gasteiger partial charge < -0.3 is 15.1 Å². The fraction of sp³-hybridized carbons (Fsp3) is 0.211. The van der Waals surface area contributed by atoms with Gasteiger partial charge >= 0.3 is 0 Å². The summed E-state index contributed by atoms with van der Waals surface area (Å²) < 4.78 is 18.8. The second kappa shape index (κ2) is 7.17. The number of aliphatic imine (C=N–C) groups is 1. The molecule has 0 unspecified atom stereocenters. The van der Waals surface area contributed by atoms with Gasteiger partial charge in [-0.2, -0.15) is 0 Å². The van der Waals surface area contributed by atoms with E-state index < -0.39 is 0 Å². The predicted molar refractivity (Wildman–Crippen MR) is 94.4 cm³/mol. The fourth-order valence-electron chi connectivity index (χ4n) is 2.57. The highest BCUT2D eigenvalue weighted by Gasteiger charge is 2.10. The van der Waals surface area contributed by atoms with Gasteiger partial charge in [-0.3, -0.25) is 4.99 Å². The molecule has 124 valence electrons. The largest absolute Gasteiger partial charge is 0.459 e. The van der Waals surface area contributed by atoms with E-state index >= 15 is 0 Å². The number of guanidine groups is 1. The molecule has 0 fully saturated rings. The standard InChI is InChI=1S/C19H20FN3O/c1-13-16-5-3-4-6-17(16)24-18(13)12-23-19(21-2)22-11-14-7-9-15(20)10-8-14/h3-10H,11-12H2,1-2H3,(H2,21,22,23). The van der Waals surface area contributed by atoms with Gasteiger partial charge in [0, 0.05) is 24.5 Å². The van der Waals surface area contributed by atoms with Gasteiger partial charge in [0.15, 0.2) is 5.96 Å². The molecule has 5 heteroatoms. The topological polar surface area (TPSA) is 49.6 Å². The van der Waals surface area contributed by atoms with E-state index in [1.54, 1.807) is 19.2 Å². The van der Waals surface area contributed by atoms with Gasteiger partial charge in [0.1, 0.15) is 17.2 Å². The molecule has 0 aliphatic rings. The van der Waals surface area contributed by atoms with Crippen LogP contribution in [0.5, 0.6) is 0 Å². The van der Waals surface area contributed by atoms with Crippen molar-refractivity contribution < 1.29 is 8.81 Å². The molecule has 24 heavy (non-hydrogen) atoms. The van der Waals surface area contributed by atoms with Crippen molar-refractivity contribution in [2.45, 2.75) is 20.0 Å². The zero-order valence-electron chi connectivity index (χ0n) is 13.8. The molecule has 0 amide bonds. The first-order chi connectivity index (χ1) is 11.7. The molecule has 0 aliphatic carbocycles. The van der Waals surface area contributed by atoms with Crippen molar-refractivity contribution in [2.24, 2.45) is 4.99 Å². The van der Waals surface area contributed by atoms with Crippen LogP contribution in [0.2, 0.25) is 0 Å². The molecule has 1 heterocycles. The maximum absolute atomic E-state index is 12.9. The van der Waals surface area contributed by atoms with E-state index in [9.17, 15) is 4.39 Å². The lowest BCUT2D eigenvalue weighted by atomic mass is 10.1. The Labute approximate surface area is 140 Å². The van der Waals surface area contributed by atoms with Crippen LogP contribution in [0.25, 0.3) is 11.0 Å². The Balaban J connectivity index is 1.61. The maximum atomic E-state index is 12.9. The highest BCUT2D eigenvalue weighted by molar-refractivity contribution is 5.82. The lowest BCUT2D eigenvalue weighted by Crippen LogP contribution is -2.36. The van der Waals surface area contributed by atoms with Crippen LogP contribution in [-0.4, -0.2) is 13.0 Å². The minimum atomic E-state index is -0.235. The molecule has 3 rings (SSSR count). The van der Waals surface area contributed by atoms with E-state index in [2.05, 4.69) is 28.6 Å². The summed E-state index contributed by atoms with van der Waals surface area (Å²) in [6, 6.07) is 14.4. The Bertz CT molecular complexity index is 853. The third-order valence-electron chi connectivity index (χ3n) is 3.96. The normalized spacial score (nSPS) is 11.7. The van der Waals surface area contributed by atoms with E-state index in [0.29, 0.717) is 19.0 Å². The van der Waals surface area contributed by atoms with Crippen LogP contribution in [0.15, 0.2) is 57.9 Å². The number of nitrogens with zero attached hydrogens (tertiary/aromatic N) is 1. The number of nitrogens with one attached hydrogen (secondary N) is 2. The summed E-state index contributed by atoms with van der Waals surface area (Å²) >= 11 is 0. The van der Waals surface area contributed by atoms with E-state index in [-0.39, 0.29) is 5.82 Å². The van der Waals surface area contributed by atoms with Crippen molar-refractivity contribution in [3.8, 4) is 0 Å². The molecule has 0 saturated carbocycles. The number of hydrogen-bond donors (Lipinski definition) is 2. The number of rotatable bonds is 4. The molecule has 2 N–H and O–H groups in total. The van der Waals surface area contributed by atoms with E-state index in [1.807, 2.05) is 18.2 Å². The fourth-order valence-corrected chi connectivity index (χ4v) is 2.57. The summed E-state index contributed by atoms with van der Waals surface area (Å²) in [6.07, 6.45) is 0. The monoisotopic (exact) mass is 325 g/mol. The van der Waals surface area contributed by atoms with Gasteiger partial charge in [0.05, 0.1) is 6.54 Å². The third-order valence-corrected chi connectivity index (χ3v) is 3.96. The number of fused-ring (bicyclic) bond motifs is 1. The zero-order chi connectivity index (χ0) is 16.9. The third kappa shape index (κ3) is 3.56. The number of furan rings is 1. The molecule has 4 nitrogen and oxygen atoms in total. The minimum absolute atomic E-state index is 0.235. The lowest BCUT2D eigenvalue weighted by Gasteiger charge is -2.11. The van der Waals surface area contributed by atoms with Crippen LogP contribution < -0.4 is 10.6 Å². The van der Waals surface area contributed by atoms with Crippen molar-refractivity contribution in [1.82, 2.24) is 10.6 Å². The molecule has 0 radical (unpaired) electrons. The average Bonchev–Trinajstić information content (AvgIpc) is 2.93. The summed E-state index contributed by atoms with van der Waals surface area (Å²) in [4.78, 5) is 4.20. The zero-order valence-corrected chi connectivity index (χ0v) is 13.8. The summed E-state index contributed by atoms with van der Waals surface area (Å²) in [7, 11) is 1.71. The minimum Gasteiger partial charge on any atom is -0.459 e. The van der Waals surface area contributed by atoms with Gasteiger partial charge in [-0.15, -0.1) is 0 Å². The molecular weight excluding hydrogens is 305 g/mol. The van der Waals surface area contributed by atoms with E-state index in [1.165, 1.54) is 12.1 Å². The molecule has 0 bridgehead atoms. The second-order valence-electron chi connectivity index (χ2n) is 5.55. The van der Waals surface area contributed by atoms with E-state index in [4.69, 9.17) is 4.42 Å². The Morgan fingerprint density at radius 1 is 1.04 bits per heavy atom. The Morgan fingerprint density at radius 3 is 2.46 bits per heavy atom. The van der Waals surface area contributed by atoms with Crippen LogP contribution in [0.1, 0.15) is 16.9 Å². The van der Waals surface area contributed by atoms with E-state index in [0.717, 1.165) is 27.9 Å². The highest BCUT2D eigenvalue weighted by atomic mass is 19.1. The van der Waals surface area contributed by atoms with Crippen molar-refractivity contribution >= 4 is 16.9 Å². The molecule has 1 aromatic heterocycles. The highest BCUT2D eigenvalue weighted by Crippen LogP contribution is 2.24. The molecule has 2 aromatic carbocycles. The SMILES string of the molecule is CN=C(NCc1ccc(F)cc1)NCc1oc2ccccc2c1C. The second-order valence-corrected chi connectivity index (χ2v) is 5.55. The summed E-state index contributed by atoms with van der Waals surface area (Å²) in [5.74, 6) is 1.32. The first-order valence-corrected chi connectivity index (χ1v) is 7.83. The average molecular weight is 325 g/mol. The number of hydrogen-bond acceptors (Lipinski definition) is 2. The van der Waals surface area contributed by atoms with Gasteiger partial charge in [-0.1, -0.05) is 30.3 Å². The number of halogens is 1.